The van der Waals surface area contributed by atoms with E-state index in [1.54, 1.807) is 0 Å². The summed E-state index contributed by atoms with van der Waals surface area (Å²) in [5.74, 6) is 1.86. The summed E-state index contributed by atoms with van der Waals surface area (Å²) < 4.78 is 7.65. The first-order valence-corrected chi connectivity index (χ1v) is 10.3. The van der Waals surface area contributed by atoms with E-state index in [1.807, 2.05) is 30.0 Å². The van der Waals surface area contributed by atoms with Gasteiger partial charge >= 0.3 is 0 Å². The first-order valence-electron chi connectivity index (χ1n) is 10.3. The summed E-state index contributed by atoms with van der Waals surface area (Å²) in [5.41, 5.74) is 3.86. The molecule has 29 heavy (non-hydrogen) atoms. The number of H-pyrrole nitrogens is 1. The van der Waals surface area contributed by atoms with Crippen LogP contribution >= 0.6 is 0 Å². The zero-order valence-electron chi connectivity index (χ0n) is 16.3. The van der Waals surface area contributed by atoms with Gasteiger partial charge in [-0.25, -0.2) is 9.50 Å². The van der Waals surface area contributed by atoms with Gasteiger partial charge in [0.2, 0.25) is 0 Å². The molecule has 0 unspecified atom stereocenters. The average Bonchev–Trinajstić information content (AvgIpc) is 3.39. The molecule has 0 amide bonds. The third-order valence-electron chi connectivity index (χ3n) is 6.12. The summed E-state index contributed by atoms with van der Waals surface area (Å²) in [5, 5.41) is 16.2. The zero-order chi connectivity index (χ0) is 19.4. The van der Waals surface area contributed by atoms with Crippen LogP contribution in [0.2, 0.25) is 0 Å². The third-order valence-corrected chi connectivity index (χ3v) is 6.12. The second-order valence-corrected chi connectivity index (χ2v) is 7.80. The molecule has 2 fully saturated rings. The van der Waals surface area contributed by atoms with E-state index in [0.29, 0.717) is 18.7 Å². The Kier molecular flexibility index (Phi) is 3.73. The number of hydrogen-bond donors (Lipinski definition) is 2. The number of ether oxygens (including phenoxy) is 1. The van der Waals surface area contributed by atoms with E-state index in [0.717, 1.165) is 52.3 Å². The van der Waals surface area contributed by atoms with Crippen molar-refractivity contribution in [3.05, 3.63) is 36.8 Å². The summed E-state index contributed by atoms with van der Waals surface area (Å²) in [6.45, 7) is 4.68. The van der Waals surface area contributed by atoms with Crippen LogP contribution in [0.5, 0.6) is 5.75 Å². The largest absolute Gasteiger partial charge is 0.492 e. The number of anilines is 1. The van der Waals surface area contributed by atoms with E-state index < -0.39 is 0 Å². The van der Waals surface area contributed by atoms with Crippen LogP contribution in [0, 0.1) is 0 Å². The van der Waals surface area contributed by atoms with Crippen LogP contribution in [-0.2, 0) is 0 Å². The standard InChI is InChI=1S/C21H23N7O/c1-2-29-16-7-17(20-18-11-24-25-21(18)26-27(20)12-16)13-3-6-19(23-8-13)28-14-4-5-15(28)10-22-9-14/h3,6-8,11-12,14-15,22H,2,4-5,9-10H2,1H3,(H,25,26)/t14-,15+. The lowest BCUT2D eigenvalue weighted by Gasteiger charge is -2.36. The van der Waals surface area contributed by atoms with Crippen molar-refractivity contribution in [2.24, 2.45) is 0 Å². The van der Waals surface area contributed by atoms with Gasteiger partial charge < -0.3 is 15.0 Å². The lowest BCUT2D eigenvalue weighted by atomic mass is 10.1. The number of rotatable bonds is 4. The second kappa shape index (κ2) is 6.45. The van der Waals surface area contributed by atoms with Gasteiger partial charge in [0.15, 0.2) is 5.65 Å². The Morgan fingerprint density at radius 3 is 2.79 bits per heavy atom. The fraction of sp³-hybridized carbons (Fsp3) is 0.381. The quantitative estimate of drug-likeness (QED) is 0.558. The Morgan fingerprint density at radius 2 is 2.03 bits per heavy atom. The normalized spacial score (nSPS) is 21.3. The molecule has 0 aliphatic carbocycles. The Balaban J connectivity index is 1.45. The minimum absolute atomic E-state index is 0.556. The predicted molar refractivity (Wildman–Crippen MR) is 111 cm³/mol. The number of hydrogen-bond acceptors (Lipinski definition) is 6. The highest BCUT2D eigenvalue weighted by molar-refractivity contribution is 6.00. The molecule has 4 aromatic rings. The molecule has 6 rings (SSSR count). The van der Waals surface area contributed by atoms with Crippen LogP contribution < -0.4 is 15.0 Å². The lowest BCUT2D eigenvalue weighted by molar-refractivity contribution is 0.338. The maximum atomic E-state index is 5.78. The molecule has 2 aliphatic rings. The summed E-state index contributed by atoms with van der Waals surface area (Å²) >= 11 is 0. The minimum atomic E-state index is 0.556. The number of nitrogens with one attached hydrogen (secondary N) is 2. The molecule has 0 spiro atoms. The topological polar surface area (TPSA) is 83.4 Å². The summed E-state index contributed by atoms with van der Waals surface area (Å²) in [4.78, 5) is 7.36. The van der Waals surface area contributed by atoms with Crippen LogP contribution in [0.3, 0.4) is 0 Å². The van der Waals surface area contributed by atoms with Gasteiger partial charge in [-0.1, -0.05) is 0 Å². The van der Waals surface area contributed by atoms with Gasteiger partial charge in [0.1, 0.15) is 11.6 Å². The fourth-order valence-corrected chi connectivity index (χ4v) is 4.86. The van der Waals surface area contributed by atoms with E-state index in [2.05, 4.69) is 43.7 Å². The first kappa shape index (κ1) is 16.8. The Morgan fingerprint density at radius 1 is 1.17 bits per heavy atom. The zero-order valence-corrected chi connectivity index (χ0v) is 16.3. The molecule has 148 valence electrons. The number of piperazine rings is 1. The summed E-state index contributed by atoms with van der Waals surface area (Å²) in [7, 11) is 0. The molecule has 0 radical (unpaired) electrons. The Labute approximate surface area is 167 Å². The average molecular weight is 389 g/mol. The molecular formula is C21H23N7O. The molecular weight excluding hydrogens is 366 g/mol. The molecule has 2 bridgehead atoms. The van der Waals surface area contributed by atoms with Crippen LogP contribution in [0.1, 0.15) is 19.8 Å². The van der Waals surface area contributed by atoms with E-state index in [4.69, 9.17) is 9.72 Å². The number of fused-ring (bicyclic) bond motifs is 5. The first-order chi connectivity index (χ1) is 14.3. The van der Waals surface area contributed by atoms with E-state index in [1.165, 1.54) is 12.8 Å². The van der Waals surface area contributed by atoms with Gasteiger partial charge in [-0.05, 0) is 38.0 Å². The number of nitrogens with zero attached hydrogens (tertiary/aromatic N) is 5. The molecule has 2 saturated heterocycles. The highest BCUT2D eigenvalue weighted by atomic mass is 16.5. The molecule has 8 nitrogen and oxygen atoms in total. The Bertz CT molecular complexity index is 1160. The van der Waals surface area contributed by atoms with Gasteiger partial charge in [0, 0.05) is 42.5 Å². The van der Waals surface area contributed by atoms with Crippen LogP contribution in [0.25, 0.3) is 27.7 Å². The molecule has 8 heteroatoms. The van der Waals surface area contributed by atoms with Gasteiger partial charge in [-0.3, -0.25) is 5.10 Å². The smallest absolute Gasteiger partial charge is 0.178 e. The van der Waals surface area contributed by atoms with Crippen molar-refractivity contribution >= 4 is 22.4 Å². The second-order valence-electron chi connectivity index (χ2n) is 7.80. The molecule has 4 aromatic heterocycles. The van der Waals surface area contributed by atoms with E-state index in [-0.39, 0.29) is 0 Å². The van der Waals surface area contributed by atoms with Crippen LogP contribution in [-0.4, -0.2) is 56.6 Å². The van der Waals surface area contributed by atoms with Crippen LogP contribution in [0.4, 0.5) is 5.82 Å². The summed E-state index contributed by atoms with van der Waals surface area (Å²) in [6.07, 6.45) is 8.19. The van der Waals surface area contributed by atoms with Gasteiger partial charge in [-0.15, -0.1) is 5.10 Å². The van der Waals surface area contributed by atoms with Crippen molar-refractivity contribution in [1.82, 2.24) is 30.1 Å². The minimum Gasteiger partial charge on any atom is -0.492 e. The molecule has 2 atom stereocenters. The van der Waals surface area contributed by atoms with Gasteiger partial charge in [-0.2, -0.15) is 5.10 Å². The van der Waals surface area contributed by atoms with Crippen LogP contribution in [0.15, 0.2) is 36.8 Å². The van der Waals surface area contributed by atoms with Gasteiger partial charge in [0.05, 0.1) is 29.9 Å². The van der Waals surface area contributed by atoms with Crippen molar-refractivity contribution in [1.29, 1.82) is 0 Å². The molecule has 2 aliphatic heterocycles. The highest BCUT2D eigenvalue weighted by Gasteiger charge is 2.37. The molecule has 0 saturated carbocycles. The van der Waals surface area contributed by atoms with Crippen molar-refractivity contribution in [3.8, 4) is 16.9 Å². The maximum absolute atomic E-state index is 5.78. The van der Waals surface area contributed by atoms with Crippen molar-refractivity contribution in [2.75, 3.05) is 24.6 Å². The molecule has 6 heterocycles. The number of pyridine rings is 2. The molecule has 0 aromatic carbocycles. The van der Waals surface area contributed by atoms with E-state index >= 15 is 0 Å². The molecule has 2 N–H and O–H groups in total. The lowest BCUT2D eigenvalue weighted by Crippen LogP contribution is -2.52. The fourth-order valence-electron chi connectivity index (χ4n) is 4.86. The number of aromatic amines is 1. The third kappa shape index (κ3) is 2.59. The maximum Gasteiger partial charge on any atom is 0.178 e. The van der Waals surface area contributed by atoms with E-state index in [9.17, 15) is 0 Å². The highest BCUT2D eigenvalue weighted by Crippen LogP contribution is 2.35. The monoisotopic (exact) mass is 389 g/mol. The Hall–Kier alpha value is -3.13. The summed E-state index contributed by atoms with van der Waals surface area (Å²) in [6, 6.07) is 7.49. The van der Waals surface area contributed by atoms with Gasteiger partial charge in [0.25, 0.3) is 0 Å². The number of aromatic nitrogens is 5. The SMILES string of the molecule is CCOc1cc(-c2ccc(N3[C@@H]4CC[C@H]3CNC4)nc2)c2c3cn[nH]c3nn2c1. The predicted octanol–water partition coefficient (Wildman–Crippen LogP) is 2.61. The van der Waals surface area contributed by atoms with Crippen molar-refractivity contribution in [3.63, 3.8) is 0 Å². The van der Waals surface area contributed by atoms with Crippen molar-refractivity contribution < 1.29 is 4.74 Å². The van der Waals surface area contributed by atoms with Crippen molar-refractivity contribution in [2.45, 2.75) is 31.8 Å².